The van der Waals surface area contributed by atoms with E-state index in [0.717, 1.165) is 39.8 Å². The minimum atomic E-state index is -0.351. The third kappa shape index (κ3) is 5.48. The lowest BCUT2D eigenvalue weighted by atomic mass is 9.97. The van der Waals surface area contributed by atoms with Crippen LogP contribution in [0.15, 0.2) is 21.5 Å². The predicted octanol–water partition coefficient (Wildman–Crippen LogP) is 4.49. The van der Waals surface area contributed by atoms with Gasteiger partial charge in [-0.1, -0.05) is 15.9 Å². The van der Waals surface area contributed by atoms with Crippen LogP contribution < -0.4 is 0 Å². The Balaban J connectivity index is 1.82. The number of piperidine rings is 1. The summed E-state index contributed by atoms with van der Waals surface area (Å²) < 4.78 is 6.27. The van der Waals surface area contributed by atoms with E-state index < -0.39 is 0 Å². The Morgan fingerprint density at radius 1 is 1.20 bits per heavy atom. The van der Waals surface area contributed by atoms with Gasteiger partial charge in [-0.3, -0.25) is 9.59 Å². The highest BCUT2D eigenvalue weighted by Crippen LogP contribution is 2.28. The molecule has 6 heteroatoms. The highest BCUT2D eigenvalue weighted by molar-refractivity contribution is 9.10. The van der Waals surface area contributed by atoms with Crippen LogP contribution in [0.1, 0.15) is 44.2 Å². The second kappa shape index (κ2) is 9.08. The lowest BCUT2D eigenvalue weighted by Gasteiger charge is -2.38. The Morgan fingerprint density at radius 2 is 1.84 bits per heavy atom. The number of likely N-dealkylation sites (tertiary alicyclic amines) is 1. The minimum absolute atomic E-state index is 0.0892. The second-order valence-corrected chi connectivity index (χ2v) is 8.62. The number of hydrogen-bond donors (Lipinski definition) is 0. The summed E-state index contributed by atoms with van der Waals surface area (Å²) in [6.45, 7) is 7.99. The normalized spacial score (nSPS) is 20.4. The van der Waals surface area contributed by atoms with Gasteiger partial charge in [0.05, 0.1) is 5.75 Å². The number of thioether (sulfide) groups is 1. The SMILES string of the molecule is Cc1cc(SCC(=O)OCC(=O)N2[C@H](C)CCC[C@@H]2C)c(C)cc1Br. The number of esters is 1. The van der Waals surface area contributed by atoms with Gasteiger partial charge in [-0.15, -0.1) is 11.8 Å². The first kappa shape index (κ1) is 20.3. The zero-order chi connectivity index (χ0) is 18.6. The molecule has 0 aliphatic carbocycles. The molecule has 138 valence electrons. The molecule has 1 aliphatic heterocycles. The summed E-state index contributed by atoms with van der Waals surface area (Å²) in [5.41, 5.74) is 2.24. The Hall–Kier alpha value is -1.01. The summed E-state index contributed by atoms with van der Waals surface area (Å²) in [6, 6.07) is 4.54. The molecule has 0 aromatic heterocycles. The summed E-state index contributed by atoms with van der Waals surface area (Å²) in [5, 5.41) is 0. The lowest BCUT2D eigenvalue weighted by Crippen LogP contribution is -2.49. The van der Waals surface area contributed by atoms with Crippen molar-refractivity contribution in [1.29, 1.82) is 0 Å². The summed E-state index contributed by atoms with van der Waals surface area (Å²) in [4.78, 5) is 27.3. The molecule has 0 saturated carbocycles. The van der Waals surface area contributed by atoms with E-state index in [0.29, 0.717) is 0 Å². The van der Waals surface area contributed by atoms with Crippen LogP contribution in [0.25, 0.3) is 0 Å². The topological polar surface area (TPSA) is 46.6 Å². The first-order chi connectivity index (χ1) is 11.8. The Morgan fingerprint density at radius 3 is 2.48 bits per heavy atom. The highest BCUT2D eigenvalue weighted by atomic mass is 79.9. The third-order valence-corrected chi connectivity index (χ3v) is 6.63. The number of rotatable bonds is 5. The average Bonchev–Trinajstić information content (AvgIpc) is 2.55. The van der Waals surface area contributed by atoms with Crippen molar-refractivity contribution in [3.8, 4) is 0 Å². The van der Waals surface area contributed by atoms with E-state index in [-0.39, 0.29) is 36.3 Å². The number of hydrogen-bond acceptors (Lipinski definition) is 4. The van der Waals surface area contributed by atoms with Gasteiger partial charge >= 0.3 is 5.97 Å². The largest absolute Gasteiger partial charge is 0.455 e. The Labute approximate surface area is 162 Å². The fraction of sp³-hybridized carbons (Fsp3) is 0.579. The van der Waals surface area contributed by atoms with Gasteiger partial charge in [0.2, 0.25) is 0 Å². The van der Waals surface area contributed by atoms with E-state index >= 15 is 0 Å². The minimum Gasteiger partial charge on any atom is -0.455 e. The molecule has 0 unspecified atom stereocenters. The number of ether oxygens (including phenoxy) is 1. The molecule has 1 aliphatic rings. The molecule has 25 heavy (non-hydrogen) atoms. The summed E-state index contributed by atoms with van der Waals surface area (Å²) >= 11 is 4.95. The van der Waals surface area contributed by atoms with Crippen molar-refractivity contribution in [3.63, 3.8) is 0 Å². The van der Waals surface area contributed by atoms with Gasteiger partial charge in [0.25, 0.3) is 5.91 Å². The quantitative estimate of drug-likeness (QED) is 0.512. The average molecular weight is 428 g/mol. The van der Waals surface area contributed by atoms with Crippen molar-refractivity contribution in [2.24, 2.45) is 0 Å². The summed E-state index contributed by atoms with van der Waals surface area (Å²) in [6.07, 6.45) is 3.18. The number of aryl methyl sites for hydroxylation is 2. The van der Waals surface area contributed by atoms with E-state index in [2.05, 4.69) is 35.8 Å². The van der Waals surface area contributed by atoms with Crippen molar-refractivity contribution in [1.82, 2.24) is 4.90 Å². The van der Waals surface area contributed by atoms with E-state index in [1.165, 1.54) is 11.8 Å². The fourth-order valence-electron chi connectivity index (χ4n) is 3.22. The van der Waals surface area contributed by atoms with Crippen LogP contribution in [0.3, 0.4) is 0 Å². The standard InChI is InChI=1S/C19H26BrNO3S/c1-12-9-17(13(2)8-16(12)20)25-11-19(23)24-10-18(22)21-14(3)6-5-7-15(21)4/h8-9,14-15H,5-7,10-11H2,1-4H3/t14-,15+. The van der Waals surface area contributed by atoms with Crippen molar-refractivity contribution >= 4 is 39.6 Å². The fourth-order valence-corrected chi connectivity index (χ4v) is 4.58. The van der Waals surface area contributed by atoms with E-state index in [1.807, 2.05) is 24.8 Å². The van der Waals surface area contributed by atoms with Crippen LogP contribution >= 0.6 is 27.7 Å². The zero-order valence-electron chi connectivity index (χ0n) is 15.3. The molecule has 1 aromatic rings. The first-order valence-electron chi connectivity index (χ1n) is 8.66. The van der Waals surface area contributed by atoms with Gasteiger partial charge < -0.3 is 9.64 Å². The molecule has 1 amide bonds. The van der Waals surface area contributed by atoms with Crippen LogP contribution in [0.5, 0.6) is 0 Å². The third-order valence-electron chi connectivity index (χ3n) is 4.64. The predicted molar refractivity (Wildman–Crippen MR) is 105 cm³/mol. The van der Waals surface area contributed by atoms with Gasteiger partial charge in [0.15, 0.2) is 6.61 Å². The van der Waals surface area contributed by atoms with Crippen molar-refractivity contribution in [3.05, 3.63) is 27.7 Å². The molecule has 0 N–H and O–H groups in total. The van der Waals surface area contributed by atoms with Crippen LogP contribution in [0.2, 0.25) is 0 Å². The molecule has 1 saturated heterocycles. The van der Waals surface area contributed by atoms with Crippen molar-refractivity contribution < 1.29 is 14.3 Å². The van der Waals surface area contributed by atoms with E-state index in [1.54, 1.807) is 0 Å². The van der Waals surface area contributed by atoms with Gasteiger partial charge in [0, 0.05) is 21.5 Å². The monoisotopic (exact) mass is 427 g/mol. The molecular weight excluding hydrogens is 402 g/mol. The molecule has 1 heterocycles. The molecule has 0 spiro atoms. The number of amides is 1. The van der Waals surface area contributed by atoms with Crippen LogP contribution in [0.4, 0.5) is 0 Å². The maximum absolute atomic E-state index is 12.4. The zero-order valence-corrected chi connectivity index (χ0v) is 17.7. The molecular formula is C19H26BrNO3S. The molecule has 0 bridgehead atoms. The van der Waals surface area contributed by atoms with Gasteiger partial charge in [0.1, 0.15) is 0 Å². The molecule has 0 radical (unpaired) electrons. The van der Waals surface area contributed by atoms with Crippen LogP contribution in [-0.4, -0.2) is 41.2 Å². The molecule has 4 nitrogen and oxygen atoms in total. The van der Waals surface area contributed by atoms with Crippen LogP contribution in [-0.2, 0) is 14.3 Å². The number of benzene rings is 1. The Kier molecular flexibility index (Phi) is 7.37. The molecule has 1 fully saturated rings. The highest BCUT2D eigenvalue weighted by Gasteiger charge is 2.29. The Bertz CT molecular complexity index is 640. The number of nitrogens with zero attached hydrogens (tertiary/aromatic N) is 1. The number of halogens is 1. The number of carbonyl (C=O) groups is 2. The van der Waals surface area contributed by atoms with Crippen molar-refractivity contribution in [2.75, 3.05) is 12.4 Å². The van der Waals surface area contributed by atoms with Crippen molar-refractivity contribution in [2.45, 2.75) is 63.9 Å². The molecule has 2 atom stereocenters. The van der Waals surface area contributed by atoms with Crippen LogP contribution in [0, 0.1) is 13.8 Å². The first-order valence-corrected chi connectivity index (χ1v) is 10.4. The summed E-state index contributed by atoms with van der Waals surface area (Å²) in [5.74, 6) is -0.232. The second-order valence-electron chi connectivity index (χ2n) is 6.75. The molecule has 1 aromatic carbocycles. The summed E-state index contributed by atoms with van der Waals surface area (Å²) in [7, 11) is 0. The maximum Gasteiger partial charge on any atom is 0.316 e. The van der Waals surface area contributed by atoms with Gasteiger partial charge in [-0.2, -0.15) is 0 Å². The lowest BCUT2D eigenvalue weighted by molar-refractivity contribution is -0.153. The smallest absolute Gasteiger partial charge is 0.316 e. The maximum atomic E-state index is 12.4. The van der Waals surface area contributed by atoms with E-state index in [9.17, 15) is 9.59 Å². The number of carbonyl (C=O) groups excluding carboxylic acids is 2. The van der Waals surface area contributed by atoms with Gasteiger partial charge in [-0.25, -0.2) is 0 Å². The molecule has 2 rings (SSSR count). The van der Waals surface area contributed by atoms with E-state index in [4.69, 9.17) is 4.74 Å². The van der Waals surface area contributed by atoms with Gasteiger partial charge in [-0.05, 0) is 70.2 Å².